The molecule has 0 amide bonds. The van der Waals surface area contributed by atoms with Crippen molar-refractivity contribution in [3.05, 3.63) is 47.8 Å². The van der Waals surface area contributed by atoms with Gasteiger partial charge in [0.2, 0.25) is 0 Å². The zero-order valence-electron chi connectivity index (χ0n) is 9.46. The molecular formula is C12H11BN2O2. The molecule has 84 valence electrons. The standard InChI is InChI=1S/C12H11BN2O2/c1-17-12(16)10-4-2-3-9(5-10)7-15-8-11(13)6-14-15/h2-6,8H,7H2,1H3. The molecule has 2 radical (unpaired) electrons. The quantitative estimate of drug-likeness (QED) is 0.565. The van der Waals surface area contributed by atoms with Crippen LogP contribution in [0.25, 0.3) is 0 Å². The van der Waals surface area contributed by atoms with E-state index in [2.05, 4.69) is 9.84 Å². The van der Waals surface area contributed by atoms with Crippen LogP contribution in [0.4, 0.5) is 0 Å². The molecule has 2 rings (SSSR count). The smallest absolute Gasteiger partial charge is 0.337 e. The topological polar surface area (TPSA) is 44.1 Å². The summed E-state index contributed by atoms with van der Waals surface area (Å²) in [7, 11) is 6.94. The predicted octanol–water partition coefficient (Wildman–Crippen LogP) is 0.512. The van der Waals surface area contributed by atoms with Crippen LogP contribution in [0.3, 0.4) is 0 Å². The number of hydrogen-bond acceptors (Lipinski definition) is 3. The Hall–Kier alpha value is -2.04. The molecule has 5 heteroatoms. The number of rotatable bonds is 3. The van der Waals surface area contributed by atoms with E-state index in [1.807, 2.05) is 12.1 Å². The number of aromatic nitrogens is 2. The van der Waals surface area contributed by atoms with E-state index in [1.165, 1.54) is 7.11 Å². The van der Waals surface area contributed by atoms with Gasteiger partial charge in [-0.15, -0.1) is 0 Å². The second-order valence-electron chi connectivity index (χ2n) is 3.66. The van der Waals surface area contributed by atoms with Crippen LogP contribution in [-0.4, -0.2) is 30.7 Å². The molecule has 1 aromatic heterocycles. The van der Waals surface area contributed by atoms with Crippen molar-refractivity contribution in [1.82, 2.24) is 9.78 Å². The summed E-state index contributed by atoms with van der Waals surface area (Å²) in [6, 6.07) is 7.23. The van der Waals surface area contributed by atoms with Crippen LogP contribution in [-0.2, 0) is 11.3 Å². The van der Waals surface area contributed by atoms with Gasteiger partial charge in [-0.05, 0) is 17.7 Å². The normalized spacial score (nSPS) is 10.2. The number of hydrogen-bond donors (Lipinski definition) is 0. The molecule has 0 saturated carbocycles. The Balaban J connectivity index is 2.19. The Labute approximate surface area is 101 Å². The minimum absolute atomic E-state index is 0.341. The number of carbonyl (C=O) groups is 1. The van der Waals surface area contributed by atoms with Gasteiger partial charge in [-0.2, -0.15) is 5.10 Å². The maximum Gasteiger partial charge on any atom is 0.337 e. The number of carbonyl (C=O) groups excluding carboxylic acids is 1. The van der Waals surface area contributed by atoms with Gasteiger partial charge in [0.05, 0.1) is 19.2 Å². The number of benzene rings is 1. The first-order chi connectivity index (χ1) is 8.19. The lowest BCUT2D eigenvalue weighted by atomic mass is 10.0. The summed E-state index contributed by atoms with van der Waals surface area (Å²) in [6.45, 7) is 0.571. The first kappa shape index (κ1) is 11.5. The molecule has 2 aromatic rings. The van der Waals surface area contributed by atoms with E-state index in [0.29, 0.717) is 17.6 Å². The molecule has 0 bridgehead atoms. The highest BCUT2D eigenvalue weighted by Crippen LogP contribution is 2.07. The van der Waals surface area contributed by atoms with Gasteiger partial charge < -0.3 is 4.74 Å². The van der Waals surface area contributed by atoms with E-state index in [0.717, 1.165) is 5.56 Å². The molecule has 1 heterocycles. The zero-order chi connectivity index (χ0) is 12.3. The van der Waals surface area contributed by atoms with Crippen molar-refractivity contribution < 1.29 is 9.53 Å². The van der Waals surface area contributed by atoms with E-state index < -0.39 is 0 Å². The first-order valence-corrected chi connectivity index (χ1v) is 5.14. The van der Waals surface area contributed by atoms with E-state index >= 15 is 0 Å². The fourth-order valence-corrected chi connectivity index (χ4v) is 1.57. The third-order valence-electron chi connectivity index (χ3n) is 2.35. The van der Waals surface area contributed by atoms with Crippen molar-refractivity contribution in [2.75, 3.05) is 7.11 Å². The summed E-state index contributed by atoms with van der Waals surface area (Å²) in [6.07, 6.45) is 3.33. The van der Waals surface area contributed by atoms with Crippen molar-refractivity contribution in [3.8, 4) is 0 Å². The summed E-state index contributed by atoms with van der Waals surface area (Å²) in [4.78, 5) is 11.4. The first-order valence-electron chi connectivity index (χ1n) is 5.14. The number of ether oxygens (including phenoxy) is 1. The number of esters is 1. The summed E-state index contributed by atoms with van der Waals surface area (Å²) < 4.78 is 6.38. The second kappa shape index (κ2) is 4.87. The van der Waals surface area contributed by atoms with Gasteiger partial charge in [0.25, 0.3) is 0 Å². The maximum atomic E-state index is 11.4. The molecule has 0 unspecified atom stereocenters. The molecule has 0 aliphatic heterocycles. The SMILES string of the molecule is [B]c1cnn(Cc2cccc(C(=O)OC)c2)c1. The molecule has 0 N–H and O–H groups in total. The second-order valence-corrected chi connectivity index (χ2v) is 3.66. The van der Waals surface area contributed by atoms with Crippen LogP contribution in [0.2, 0.25) is 0 Å². The summed E-state index contributed by atoms with van der Waals surface area (Å²) in [5, 5.41) is 4.08. The highest BCUT2D eigenvalue weighted by atomic mass is 16.5. The molecule has 17 heavy (non-hydrogen) atoms. The van der Waals surface area contributed by atoms with Crippen molar-refractivity contribution in [2.45, 2.75) is 6.54 Å². The molecule has 0 aliphatic rings. The third kappa shape index (κ3) is 2.75. The van der Waals surface area contributed by atoms with Crippen LogP contribution >= 0.6 is 0 Å². The molecule has 0 fully saturated rings. The molecule has 0 spiro atoms. The van der Waals surface area contributed by atoms with Crippen LogP contribution in [0, 0.1) is 0 Å². The zero-order valence-corrected chi connectivity index (χ0v) is 9.46. The number of nitrogens with zero attached hydrogens (tertiary/aromatic N) is 2. The van der Waals surface area contributed by atoms with Crippen LogP contribution in [0.1, 0.15) is 15.9 Å². The lowest BCUT2D eigenvalue weighted by Gasteiger charge is -2.04. The van der Waals surface area contributed by atoms with Gasteiger partial charge in [-0.1, -0.05) is 17.6 Å². The van der Waals surface area contributed by atoms with E-state index in [-0.39, 0.29) is 5.97 Å². The van der Waals surface area contributed by atoms with Crippen molar-refractivity contribution in [2.24, 2.45) is 0 Å². The number of methoxy groups -OCH3 is 1. The van der Waals surface area contributed by atoms with Gasteiger partial charge in [0, 0.05) is 12.4 Å². The largest absolute Gasteiger partial charge is 0.465 e. The van der Waals surface area contributed by atoms with E-state index in [9.17, 15) is 4.79 Å². The molecular weight excluding hydrogens is 215 g/mol. The molecule has 0 atom stereocenters. The lowest BCUT2D eigenvalue weighted by Crippen LogP contribution is -2.05. The Bertz CT molecular complexity index is 537. The summed E-state index contributed by atoms with van der Waals surface area (Å²) in [5.41, 5.74) is 2.12. The summed E-state index contributed by atoms with van der Waals surface area (Å²) >= 11 is 0. The molecule has 4 nitrogen and oxygen atoms in total. The Morgan fingerprint density at radius 1 is 1.53 bits per heavy atom. The molecule has 0 saturated heterocycles. The fraction of sp³-hybridized carbons (Fsp3) is 0.167. The average molecular weight is 226 g/mol. The van der Waals surface area contributed by atoms with Crippen LogP contribution < -0.4 is 5.46 Å². The molecule has 1 aromatic carbocycles. The Morgan fingerprint density at radius 3 is 3.00 bits per heavy atom. The lowest BCUT2D eigenvalue weighted by molar-refractivity contribution is 0.0600. The van der Waals surface area contributed by atoms with E-state index in [1.54, 1.807) is 29.2 Å². The minimum atomic E-state index is -0.341. The van der Waals surface area contributed by atoms with Crippen molar-refractivity contribution in [1.29, 1.82) is 0 Å². The van der Waals surface area contributed by atoms with Crippen LogP contribution in [0.15, 0.2) is 36.7 Å². The monoisotopic (exact) mass is 226 g/mol. The maximum absolute atomic E-state index is 11.4. The van der Waals surface area contributed by atoms with Crippen molar-refractivity contribution >= 4 is 19.3 Å². The van der Waals surface area contributed by atoms with E-state index in [4.69, 9.17) is 7.85 Å². The highest BCUT2D eigenvalue weighted by Gasteiger charge is 2.05. The predicted molar refractivity (Wildman–Crippen MR) is 64.5 cm³/mol. The highest BCUT2D eigenvalue weighted by molar-refractivity contribution is 6.31. The van der Waals surface area contributed by atoms with Crippen molar-refractivity contribution in [3.63, 3.8) is 0 Å². The van der Waals surface area contributed by atoms with Crippen LogP contribution in [0.5, 0.6) is 0 Å². The van der Waals surface area contributed by atoms with Gasteiger partial charge >= 0.3 is 5.97 Å². The fourth-order valence-electron chi connectivity index (χ4n) is 1.57. The Kier molecular flexibility index (Phi) is 3.28. The minimum Gasteiger partial charge on any atom is -0.465 e. The Morgan fingerprint density at radius 2 is 2.35 bits per heavy atom. The van der Waals surface area contributed by atoms with Gasteiger partial charge in [-0.25, -0.2) is 4.79 Å². The van der Waals surface area contributed by atoms with Gasteiger partial charge in [-0.3, -0.25) is 4.68 Å². The van der Waals surface area contributed by atoms with Gasteiger partial charge in [0.1, 0.15) is 7.85 Å². The van der Waals surface area contributed by atoms with Gasteiger partial charge in [0.15, 0.2) is 0 Å². The molecule has 0 aliphatic carbocycles. The third-order valence-corrected chi connectivity index (χ3v) is 2.35. The average Bonchev–Trinajstić information content (AvgIpc) is 2.74. The summed E-state index contributed by atoms with van der Waals surface area (Å²) in [5.74, 6) is -0.341.